The van der Waals surface area contributed by atoms with Crippen LogP contribution in [0, 0.1) is 6.07 Å². The highest BCUT2D eigenvalue weighted by molar-refractivity contribution is 5.39. The summed E-state index contributed by atoms with van der Waals surface area (Å²) in [7, 11) is 0. The van der Waals surface area contributed by atoms with Crippen molar-refractivity contribution in [3.8, 4) is 5.75 Å². The van der Waals surface area contributed by atoms with E-state index in [-0.39, 0.29) is 5.41 Å². The first-order valence-corrected chi connectivity index (χ1v) is 4.33. The molecule has 0 spiro atoms. The van der Waals surface area contributed by atoms with Crippen LogP contribution in [0.4, 0.5) is 0 Å². The Kier molecular flexibility index (Phi) is 1.60. The Hall–Kier alpha value is -0.980. The number of hydrogen-bond acceptors (Lipinski definition) is 1. The van der Waals surface area contributed by atoms with Gasteiger partial charge in [-0.15, -0.1) is 0 Å². The van der Waals surface area contributed by atoms with Gasteiger partial charge >= 0.3 is 0 Å². The Morgan fingerprint density at radius 3 is 3.08 bits per heavy atom. The molecule has 0 atom stereocenters. The van der Waals surface area contributed by atoms with Gasteiger partial charge in [-0.3, -0.25) is 0 Å². The van der Waals surface area contributed by atoms with E-state index in [1.807, 2.05) is 18.2 Å². The summed E-state index contributed by atoms with van der Waals surface area (Å²) in [6, 6.07) is 9.03. The van der Waals surface area contributed by atoms with Crippen molar-refractivity contribution in [1.82, 2.24) is 0 Å². The van der Waals surface area contributed by atoms with Crippen molar-refractivity contribution in [2.75, 3.05) is 6.61 Å². The van der Waals surface area contributed by atoms with E-state index in [9.17, 15) is 0 Å². The van der Waals surface area contributed by atoms with Crippen LogP contribution < -0.4 is 4.74 Å². The van der Waals surface area contributed by atoms with Gasteiger partial charge in [0.2, 0.25) is 0 Å². The molecule has 0 N–H and O–H groups in total. The van der Waals surface area contributed by atoms with Crippen molar-refractivity contribution < 1.29 is 4.74 Å². The number of ether oxygens (including phenoxy) is 1. The number of hydrogen-bond donors (Lipinski definition) is 0. The van der Waals surface area contributed by atoms with E-state index >= 15 is 0 Å². The molecule has 2 rings (SSSR count). The van der Waals surface area contributed by atoms with E-state index in [1.54, 1.807) is 0 Å². The Balaban J connectivity index is 2.52. The molecule has 1 aromatic rings. The molecule has 0 aliphatic carbocycles. The maximum absolute atomic E-state index is 5.54. The van der Waals surface area contributed by atoms with Crippen LogP contribution in [0.25, 0.3) is 0 Å². The zero-order valence-electron chi connectivity index (χ0n) is 7.55. The Labute approximate surface area is 73.4 Å². The summed E-state index contributed by atoms with van der Waals surface area (Å²) < 4.78 is 5.54. The third-order valence-electron chi connectivity index (χ3n) is 2.54. The smallest absolute Gasteiger partial charge is 0.123 e. The summed E-state index contributed by atoms with van der Waals surface area (Å²) in [5.74, 6) is 1.03. The zero-order valence-corrected chi connectivity index (χ0v) is 7.55. The summed E-state index contributed by atoms with van der Waals surface area (Å²) in [6.07, 6.45) is 1.10. The zero-order chi connectivity index (χ0) is 8.60. The van der Waals surface area contributed by atoms with Gasteiger partial charge in [0, 0.05) is 5.56 Å². The standard InChI is InChI=1S/C11H13O/c1-11(2)7-8-12-10-6-4-3-5-9(10)11/h4-6H,7-8H2,1-2H3. The molecule has 0 bridgehead atoms. The van der Waals surface area contributed by atoms with Crippen LogP contribution in [0.3, 0.4) is 0 Å². The van der Waals surface area contributed by atoms with Gasteiger partial charge in [-0.05, 0) is 30.0 Å². The van der Waals surface area contributed by atoms with E-state index in [2.05, 4.69) is 19.9 Å². The van der Waals surface area contributed by atoms with E-state index in [1.165, 1.54) is 5.56 Å². The van der Waals surface area contributed by atoms with Gasteiger partial charge < -0.3 is 4.74 Å². The first kappa shape index (κ1) is 7.66. The molecule has 1 radical (unpaired) electrons. The third-order valence-corrected chi connectivity index (χ3v) is 2.54. The lowest BCUT2D eigenvalue weighted by atomic mass is 9.80. The van der Waals surface area contributed by atoms with Crippen LogP contribution in [-0.2, 0) is 5.41 Å². The minimum atomic E-state index is 0.255. The fraction of sp³-hybridized carbons (Fsp3) is 0.455. The molecular formula is C11H13O. The van der Waals surface area contributed by atoms with Crippen molar-refractivity contribution in [2.24, 2.45) is 0 Å². The van der Waals surface area contributed by atoms with Gasteiger partial charge in [-0.1, -0.05) is 19.9 Å². The Bertz CT molecular complexity index is 289. The molecule has 1 heterocycles. The van der Waals surface area contributed by atoms with Crippen LogP contribution in [0.15, 0.2) is 18.2 Å². The number of rotatable bonds is 0. The van der Waals surface area contributed by atoms with Gasteiger partial charge in [0.25, 0.3) is 0 Å². The SMILES string of the molecule is CC1(C)CCOc2cc[c]cc21. The molecule has 0 fully saturated rings. The lowest BCUT2D eigenvalue weighted by Gasteiger charge is -2.32. The molecule has 1 heteroatoms. The average Bonchev–Trinajstić information content (AvgIpc) is 2.04. The summed E-state index contributed by atoms with van der Waals surface area (Å²) in [5, 5.41) is 0. The average molecular weight is 161 g/mol. The van der Waals surface area contributed by atoms with Crippen LogP contribution in [0.2, 0.25) is 0 Å². The molecule has 0 saturated carbocycles. The van der Waals surface area contributed by atoms with Crippen molar-refractivity contribution >= 4 is 0 Å². The lowest BCUT2D eigenvalue weighted by molar-refractivity contribution is 0.234. The molecule has 1 aromatic carbocycles. The van der Waals surface area contributed by atoms with Gasteiger partial charge in [-0.2, -0.15) is 0 Å². The normalized spacial score (nSPS) is 19.5. The third kappa shape index (κ3) is 1.09. The fourth-order valence-electron chi connectivity index (χ4n) is 1.62. The monoisotopic (exact) mass is 161 g/mol. The maximum atomic E-state index is 5.54. The van der Waals surface area contributed by atoms with Crippen LogP contribution in [0.1, 0.15) is 25.8 Å². The van der Waals surface area contributed by atoms with Gasteiger partial charge in [0.1, 0.15) is 5.75 Å². The molecule has 0 aromatic heterocycles. The van der Waals surface area contributed by atoms with Crippen molar-refractivity contribution in [3.05, 3.63) is 29.8 Å². The molecule has 1 aliphatic heterocycles. The van der Waals surface area contributed by atoms with Gasteiger partial charge in [-0.25, -0.2) is 0 Å². The number of benzene rings is 1. The second-order valence-corrected chi connectivity index (χ2v) is 3.90. The fourth-order valence-corrected chi connectivity index (χ4v) is 1.62. The quantitative estimate of drug-likeness (QED) is 0.568. The molecule has 1 nitrogen and oxygen atoms in total. The molecule has 1 aliphatic rings. The van der Waals surface area contributed by atoms with E-state index in [4.69, 9.17) is 4.74 Å². The lowest BCUT2D eigenvalue weighted by Crippen LogP contribution is -2.26. The predicted molar refractivity (Wildman–Crippen MR) is 48.4 cm³/mol. The second-order valence-electron chi connectivity index (χ2n) is 3.90. The molecule has 0 unspecified atom stereocenters. The van der Waals surface area contributed by atoms with E-state index in [0.29, 0.717) is 0 Å². The summed E-state index contributed by atoms with van der Waals surface area (Å²) in [4.78, 5) is 0. The summed E-state index contributed by atoms with van der Waals surface area (Å²) in [5.41, 5.74) is 1.54. The van der Waals surface area contributed by atoms with Crippen molar-refractivity contribution in [2.45, 2.75) is 25.7 Å². The van der Waals surface area contributed by atoms with Gasteiger partial charge in [0.15, 0.2) is 0 Å². The topological polar surface area (TPSA) is 9.23 Å². The van der Waals surface area contributed by atoms with E-state index < -0.39 is 0 Å². The largest absolute Gasteiger partial charge is 0.493 e. The molecule has 12 heavy (non-hydrogen) atoms. The Morgan fingerprint density at radius 2 is 2.33 bits per heavy atom. The molecule has 63 valence electrons. The molecule has 0 amide bonds. The summed E-state index contributed by atoms with van der Waals surface area (Å²) >= 11 is 0. The number of fused-ring (bicyclic) bond motifs is 1. The van der Waals surface area contributed by atoms with Crippen LogP contribution in [-0.4, -0.2) is 6.61 Å². The first-order valence-electron chi connectivity index (χ1n) is 4.33. The second kappa shape index (κ2) is 2.51. The minimum Gasteiger partial charge on any atom is -0.493 e. The highest BCUT2D eigenvalue weighted by Gasteiger charge is 2.27. The molecular weight excluding hydrogens is 148 g/mol. The van der Waals surface area contributed by atoms with E-state index in [0.717, 1.165) is 18.8 Å². The highest BCUT2D eigenvalue weighted by Crippen LogP contribution is 2.37. The van der Waals surface area contributed by atoms with Gasteiger partial charge in [0.05, 0.1) is 6.61 Å². The first-order chi connectivity index (χ1) is 5.70. The highest BCUT2D eigenvalue weighted by atomic mass is 16.5. The maximum Gasteiger partial charge on any atom is 0.123 e. The van der Waals surface area contributed by atoms with Crippen molar-refractivity contribution in [1.29, 1.82) is 0 Å². The molecule has 0 saturated heterocycles. The summed E-state index contributed by atoms with van der Waals surface area (Å²) in [6.45, 7) is 5.34. The predicted octanol–water partition coefficient (Wildman–Crippen LogP) is 2.55. The van der Waals surface area contributed by atoms with Crippen LogP contribution >= 0.6 is 0 Å². The van der Waals surface area contributed by atoms with Crippen molar-refractivity contribution in [3.63, 3.8) is 0 Å². The Morgan fingerprint density at radius 1 is 1.50 bits per heavy atom. The van der Waals surface area contributed by atoms with Crippen LogP contribution in [0.5, 0.6) is 5.75 Å². The minimum absolute atomic E-state index is 0.255.